The van der Waals surface area contributed by atoms with Gasteiger partial charge in [-0.2, -0.15) is 5.26 Å². The van der Waals surface area contributed by atoms with Gasteiger partial charge in [0.1, 0.15) is 0 Å². The molecule has 2 rings (SSSR count). The van der Waals surface area contributed by atoms with E-state index < -0.39 is 0 Å². The molecule has 102 valence electrons. The number of nitrogen functional groups attached to an aromatic ring is 1. The standard InChI is InChI=1S/C17H19N3/c1-17(2,14-6-4-3-5-7-14)12-20-16-9-8-13(11-18)10-15(16)19/h3-10,20H,12,19H2,1-2H3. The third-order valence-corrected chi connectivity index (χ3v) is 3.46. The van der Waals surface area contributed by atoms with Gasteiger partial charge < -0.3 is 11.1 Å². The van der Waals surface area contributed by atoms with Crippen molar-refractivity contribution < 1.29 is 0 Å². The van der Waals surface area contributed by atoms with Crippen LogP contribution in [0.2, 0.25) is 0 Å². The normalized spacial score (nSPS) is 10.8. The number of nitriles is 1. The van der Waals surface area contributed by atoms with E-state index in [9.17, 15) is 0 Å². The lowest BCUT2D eigenvalue weighted by molar-refractivity contribution is 0.557. The molecular formula is C17H19N3. The van der Waals surface area contributed by atoms with Crippen LogP contribution in [0.15, 0.2) is 48.5 Å². The molecule has 0 saturated heterocycles. The average molecular weight is 265 g/mol. The van der Waals surface area contributed by atoms with Crippen LogP contribution in [0, 0.1) is 11.3 Å². The molecule has 0 unspecified atom stereocenters. The number of rotatable bonds is 4. The van der Waals surface area contributed by atoms with Crippen molar-refractivity contribution in [2.24, 2.45) is 0 Å². The number of nitrogens with one attached hydrogen (secondary N) is 1. The van der Waals surface area contributed by atoms with Gasteiger partial charge in [-0.25, -0.2) is 0 Å². The molecule has 3 heteroatoms. The van der Waals surface area contributed by atoms with E-state index in [-0.39, 0.29) is 5.41 Å². The summed E-state index contributed by atoms with van der Waals surface area (Å²) in [6, 6.07) is 17.8. The molecule has 0 radical (unpaired) electrons. The van der Waals surface area contributed by atoms with E-state index in [2.05, 4.69) is 37.4 Å². The van der Waals surface area contributed by atoms with E-state index in [1.807, 2.05) is 24.3 Å². The van der Waals surface area contributed by atoms with Gasteiger partial charge in [-0.1, -0.05) is 44.2 Å². The first-order valence-electron chi connectivity index (χ1n) is 6.62. The molecule has 20 heavy (non-hydrogen) atoms. The van der Waals surface area contributed by atoms with Crippen molar-refractivity contribution in [1.29, 1.82) is 5.26 Å². The maximum absolute atomic E-state index is 8.83. The summed E-state index contributed by atoms with van der Waals surface area (Å²) in [5.41, 5.74) is 9.28. The number of hydrogen-bond donors (Lipinski definition) is 2. The molecule has 0 amide bonds. The monoisotopic (exact) mass is 265 g/mol. The zero-order valence-corrected chi connectivity index (χ0v) is 11.9. The van der Waals surface area contributed by atoms with Crippen LogP contribution < -0.4 is 11.1 Å². The molecule has 2 aromatic carbocycles. The van der Waals surface area contributed by atoms with Crippen molar-refractivity contribution in [3.63, 3.8) is 0 Å². The van der Waals surface area contributed by atoms with Gasteiger partial charge in [-0.3, -0.25) is 0 Å². The second-order valence-electron chi connectivity index (χ2n) is 5.52. The fourth-order valence-electron chi connectivity index (χ4n) is 2.10. The first-order valence-corrected chi connectivity index (χ1v) is 6.62. The highest BCUT2D eigenvalue weighted by molar-refractivity contribution is 5.68. The molecule has 0 saturated carbocycles. The van der Waals surface area contributed by atoms with Gasteiger partial charge in [0.05, 0.1) is 23.0 Å². The zero-order valence-electron chi connectivity index (χ0n) is 11.9. The summed E-state index contributed by atoms with van der Waals surface area (Å²) in [6.07, 6.45) is 0. The van der Waals surface area contributed by atoms with Gasteiger partial charge in [0.25, 0.3) is 0 Å². The van der Waals surface area contributed by atoms with Crippen LogP contribution in [0.5, 0.6) is 0 Å². The Kier molecular flexibility index (Phi) is 3.95. The summed E-state index contributed by atoms with van der Waals surface area (Å²) in [5, 5.41) is 12.2. The molecule has 0 aliphatic carbocycles. The fourth-order valence-corrected chi connectivity index (χ4v) is 2.10. The molecule has 3 nitrogen and oxygen atoms in total. The largest absolute Gasteiger partial charge is 0.397 e. The Labute approximate surface area is 120 Å². The maximum atomic E-state index is 8.83. The van der Waals surface area contributed by atoms with Gasteiger partial charge in [-0.15, -0.1) is 0 Å². The molecule has 2 aromatic rings. The minimum absolute atomic E-state index is 0.00159. The summed E-state index contributed by atoms with van der Waals surface area (Å²) < 4.78 is 0. The van der Waals surface area contributed by atoms with Crippen LogP contribution in [0.1, 0.15) is 25.0 Å². The summed E-state index contributed by atoms with van der Waals surface area (Å²) in [4.78, 5) is 0. The third-order valence-electron chi connectivity index (χ3n) is 3.46. The van der Waals surface area contributed by atoms with Gasteiger partial charge in [0.15, 0.2) is 0 Å². The van der Waals surface area contributed by atoms with E-state index in [1.54, 1.807) is 12.1 Å². The summed E-state index contributed by atoms with van der Waals surface area (Å²) in [6.45, 7) is 5.15. The van der Waals surface area contributed by atoms with Crippen molar-refractivity contribution in [1.82, 2.24) is 0 Å². The Hall–Kier alpha value is -2.47. The molecular weight excluding hydrogens is 246 g/mol. The van der Waals surface area contributed by atoms with E-state index >= 15 is 0 Å². The average Bonchev–Trinajstić information content (AvgIpc) is 2.47. The summed E-state index contributed by atoms with van der Waals surface area (Å²) in [7, 11) is 0. The van der Waals surface area contributed by atoms with Crippen molar-refractivity contribution in [2.75, 3.05) is 17.6 Å². The van der Waals surface area contributed by atoms with Crippen molar-refractivity contribution in [3.05, 3.63) is 59.7 Å². The molecule has 0 aliphatic rings. The molecule has 0 fully saturated rings. The lowest BCUT2D eigenvalue weighted by Crippen LogP contribution is -2.27. The van der Waals surface area contributed by atoms with Crippen LogP contribution in [0.4, 0.5) is 11.4 Å². The summed E-state index contributed by atoms with van der Waals surface area (Å²) in [5.74, 6) is 0. The summed E-state index contributed by atoms with van der Waals surface area (Å²) >= 11 is 0. The smallest absolute Gasteiger partial charge is 0.0992 e. The molecule has 0 spiro atoms. The maximum Gasteiger partial charge on any atom is 0.0992 e. The molecule has 0 aliphatic heterocycles. The van der Waals surface area contributed by atoms with Crippen LogP contribution in [-0.2, 0) is 5.41 Å². The van der Waals surface area contributed by atoms with Gasteiger partial charge in [0, 0.05) is 12.0 Å². The predicted molar refractivity (Wildman–Crippen MR) is 83.5 cm³/mol. The molecule has 0 aromatic heterocycles. The Morgan fingerprint density at radius 1 is 1.15 bits per heavy atom. The first-order chi connectivity index (χ1) is 9.53. The molecule has 0 heterocycles. The SMILES string of the molecule is CC(C)(CNc1ccc(C#N)cc1N)c1ccccc1. The first kappa shape index (κ1) is 14.0. The number of benzene rings is 2. The van der Waals surface area contributed by atoms with Crippen molar-refractivity contribution >= 4 is 11.4 Å². The molecule has 0 atom stereocenters. The molecule has 3 N–H and O–H groups in total. The van der Waals surface area contributed by atoms with Crippen LogP contribution >= 0.6 is 0 Å². The Balaban J connectivity index is 2.11. The second kappa shape index (κ2) is 5.66. The number of nitrogens with zero attached hydrogens (tertiary/aromatic N) is 1. The topological polar surface area (TPSA) is 61.8 Å². The fraction of sp³-hybridized carbons (Fsp3) is 0.235. The van der Waals surface area contributed by atoms with Crippen LogP contribution in [0.25, 0.3) is 0 Å². The van der Waals surface area contributed by atoms with E-state index in [0.717, 1.165) is 12.2 Å². The quantitative estimate of drug-likeness (QED) is 0.831. The predicted octanol–water partition coefficient (Wildman–Crippen LogP) is 3.53. The van der Waals surface area contributed by atoms with E-state index in [4.69, 9.17) is 11.0 Å². The highest BCUT2D eigenvalue weighted by Gasteiger charge is 2.20. The van der Waals surface area contributed by atoms with Crippen LogP contribution in [0.3, 0.4) is 0 Å². The lowest BCUT2D eigenvalue weighted by Gasteiger charge is -2.26. The number of hydrogen-bond acceptors (Lipinski definition) is 3. The van der Waals surface area contributed by atoms with E-state index in [0.29, 0.717) is 11.3 Å². The zero-order chi connectivity index (χ0) is 14.6. The third kappa shape index (κ3) is 3.10. The Morgan fingerprint density at radius 3 is 2.45 bits per heavy atom. The van der Waals surface area contributed by atoms with Crippen molar-refractivity contribution in [3.8, 4) is 6.07 Å². The highest BCUT2D eigenvalue weighted by atomic mass is 14.9. The minimum Gasteiger partial charge on any atom is -0.397 e. The van der Waals surface area contributed by atoms with Crippen LogP contribution in [-0.4, -0.2) is 6.54 Å². The van der Waals surface area contributed by atoms with Gasteiger partial charge >= 0.3 is 0 Å². The Morgan fingerprint density at radius 2 is 1.85 bits per heavy atom. The van der Waals surface area contributed by atoms with Gasteiger partial charge in [0.2, 0.25) is 0 Å². The molecule has 0 bridgehead atoms. The number of anilines is 2. The van der Waals surface area contributed by atoms with Crippen molar-refractivity contribution in [2.45, 2.75) is 19.3 Å². The highest BCUT2D eigenvalue weighted by Crippen LogP contribution is 2.25. The van der Waals surface area contributed by atoms with E-state index in [1.165, 1.54) is 5.56 Å². The lowest BCUT2D eigenvalue weighted by atomic mass is 9.84. The Bertz CT molecular complexity index is 624. The second-order valence-corrected chi connectivity index (χ2v) is 5.52. The van der Waals surface area contributed by atoms with Gasteiger partial charge in [-0.05, 0) is 23.8 Å². The minimum atomic E-state index is 0.00159. The number of nitrogens with two attached hydrogens (primary N) is 1.